The molecule has 1 heterocycles. The molecular formula is C15H27N3O. The SMILES string of the molecule is CCC(C)n1ccc(CC(=O)CCN(CC)CC)n1. The van der Waals surface area contributed by atoms with E-state index in [1.54, 1.807) is 0 Å². The fourth-order valence-corrected chi connectivity index (χ4v) is 2.02. The zero-order chi connectivity index (χ0) is 14.3. The van der Waals surface area contributed by atoms with Crippen LogP contribution >= 0.6 is 0 Å². The summed E-state index contributed by atoms with van der Waals surface area (Å²) in [4.78, 5) is 14.2. The number of carbonyl (C=O) groups is 1. The molecule has 0 N–H and O–H groups in total. The molecule has 1 aromatic rings. The first-order chi connectivity index (χ1) is 9.10. The normalized spacial score (nSPS) is 12.9. The van der Waals surface area contributed by atoms with Crippen LogP contribution in [0.25, 0.3) is 0 Å². The Bertz CT molecular complexity index is 382. The van der Waals surface area contributed by atoms with Crippen LogP contribution < -0.4 is 0 Å². The first-order valence-electron chi connectivity index (χ1n) is 7.38. The number of hydrogen-bond acceptors (Lipinski definition) is 3. The molecule has 4 nitrogen and oxygen atoms in total. The summed E-state index contributed by atoms with van der Waals surface area (Å²) in [7, 11) is 0. The number of nitrogens with zero attached hydrogens (tertiary/aromatic N) is 3. The van der Waals surface area contributed by atoms with Crippen LogP contribution in [0.2, 0.25) is 0 Å². The molecule has 0 aliphatic rings. The summed E-state index contributed by atoms with van der Waals surface area (Å²) >= 11 is 0. The third-order valence-corrected chi connectivity index (χ3v) is 3.69. The van der Waals surface area contributed by atoms with Crippen molar-refractivity contribution in [3.8, 4) is 0 Å². The van der Waals surface area contributed by atoms with Crippen LogP contribution in [-0.4, -0.2) is 40.1 Å². The predicted molar refractivity (Wildman–Crippen MR) is 78.3 cm³/mol. The molecule has 19 heavy (non-hydrogen) atoms. The summed E-state index contributed by atoms with van der Waals surface area (Å²) in [6.45, 7) is 11.4. The van der Waals surface area contributed by atoms with Crippen molar-refractivity contribution in [2.24, 2.45) is 0 Å². The van der Waals surface area contributed by atoms with E-state index in [9.17, 15) is 4.79 Å². The van der Waals surface area contributed by atoms with Crippen molar-refractivity contribution < 1.29 is 4.79 Å². The van der Waals surface area contributed by atoms with Gasteiger partial charge in [-0.05, 0) is 32.5 Å². The molecule has 0 amide bonds. The Labute approximate surface area is 116 Å². The van der Waals surface area contributed by atoms with Crippen LogP contribution in [0.4, 0.5) is 0 Å². The largest absolute Gasteiger partial charge is 0.303 e. The topological polar surface area (TPSA) is 38.1 Å². The Hall–Kier alpha value is -1.16. The van der Waals surface area contributed by atoms with Gasteiger partial charge in [0.15, 0.2) is 0 Å². The van der Waals surface area contributed by atoms with Crippen molar-refractivity contribution in [1.29, 1.82) is 0 Å². The first kappa shape index (κ1) is 15.9. The van der Waals surface area contributed by atoms with Crippen molar-refractivity contribution in [1.82, 2.24) is 14.7 Å². The molecule has 1 rings (SSSR count). The van der Waals surface area contributed by atoms with E-state index >= 15 is 0 Å². The summed E-state index contributed by atoms with van der Waals surface area (Å²) in [5.74, 6) is 0.279. The zero-order valence-electron chi connectivity index (χ0n) is 12.7. The molecule has 0 saturated heterocycles. The number of hydrogen-bond donors (Lipinski definition) is 0. The van der Waals surface area contributed by atoms with Crippen LogP contribution in [0, 0.1) is 0 Å². The smallest absolute Gasteiger partial charge is 0.140 e. The Morgan fingerprint density at radius 1 is 1.37 bits per heavy atom. The molecule has 108 valence electrons. The highest BCUT2D eigenvalue weighted by Gasteiger charge is 2.10. The second-order valence-electron chi connectivity index (χ2n) is 5.04. The van der Waals surface area contributed by atoms with Crippen LogP contribution in [0.15, 0.2) is 12.3 Å². The van der Waals surface area contributed by atoms with E-state index in [1.165, 1.54) is 0 Å². The monoisotopic (exact) mass is 265 g/mol. The second kappa shape index (κ2) is 8.10. The van der Waals surface area contributed by atoms with E-state index in [0.717, 1.165) is 31.7 Å². The summed E-state index contributed by atoms with van der Waals surface area (Å²) in [6.07, 6.45) is 4.11. The molecule has 0 fully saturated rings. The van der Waals surface area contributed by atoms with Crippen molar-refractivity contribution in [2.45, 2.75) is 53.0 Å². The number of carbonyl (C=O) groups excluding carboxylic acids is 1. The van der Waals surface area contributed by atoms with Gasteiger partial charge in [0.1, 0.15) is 5.78 Å². The van der Waals surface area contributed by atoms with Crippen LogP contribution in [0.1, 0.15) is 52.3 Å². The maximum atomic E-state index is 11.9. The molecule has 1 atom stereocenters. The minimum atomic E-state index is 0.279. The number of rotatable bonds is 9. The molecule has 4 heteroatoms. The molecule has 0 bridgehead atoms. The summed E-state index contributed by atoms with van der Waals surface area (Å²) in [5.41, 5.74) is 0.893. The van der Waals surface area contributed by atoms with Gasteiger partial charge in [0.2, 0.25) is 0 Å². The molecule has 1 unspecified atom stereocenters. The Kier molecular flexibility index (Phi) is 6.78. The molecule has 0 radical (unpaired) electrons. The highest BCUT2D eigenvalue weighted by molar-refractivity contribution is 5.80. The molecule has 1 aromatic heterocycles. The Balaban J connectivity index is 2.42. The lowest BCUT2D eigenvalue weighted by Gasteiger charge is -2.16. The van der Waals surface area contributed by atoms with Crippen molar-refractivity contribution in [2.75, 3.05) is 19.6 Å². The van der Waals surface area contributed by atoms with Gasteiger partial charge >= 0.3 is 0 Å². The van der Waals surface area contributed by atoms with E-state index in [2.05, 4.69) is 37.7 Å². The van der Waals surface area contributed by atoms with Crippen molar-refractivity contribution in [3.63, 3.8) is 0 Å². The minimum absolute atomic E-state index is 0.279. The van der Waals surface area contributed by atoms with Gasteiger partial charge in [0, 0.05) is 25.2 Å². The van der Waals surface area contributed by atoms with Gasteiger partial charge in [-0.2, -0.15) is 5.10 Å². The fraction of sp³-hybridized carbons (Fsp3) is 0.733. The van der Waals surface area contributed by atoms with E-state index in [-0.39, 0.29) is 5.78 Å². The Morgan fingerprint density at radius 2 is 2.05 bits per heavy atom. The molecule has 0 aromatic carbocycles. The maximum Gasteiger partial charge on any atom is 0.140 e. The van der Waals surface area contributed by atoms with Gasteiger partial charge in [-0.1, -0.05) is 20.8 Å². The summed E-state index contributed by atoms with van der Waals surface area (Å²) < 4.78 is 1.95. The van der Waals surface area contributed by atoms with Gasteiger partial charge < -0.3 is 4.90 Å². The Morgan fingerprint density at radius 3 is 2.63 bits per heavy atom. The molecule has 0 aliphatic carbocycles. The highest BCUT2D eigenvalue weighted by atomic mass is 16.1. The number of ketones is 1. The van der Waals surface area contributed by atoms with Gasteiger partial charge in [0.05, 0.1) is 12.1 Å². The van der Waals surface area contributed by atoms with Crippen molar-refractivity contribution in [3.05, 3.63) is 18.0 Å². The van der Waals surface area contributed by atoms with E-state index in [0.29, 0.717) is 18.9 Å². The predicted octanol–water partition coefficient (Wildman–Crippen LogP) is 2.70. The van der Waals surface area contributed by atoms with E-state index in [1.807, 2.05) is 16.9 Å². The summed E-state index contributed by atoms with van der Waals surface area (Å²) in [5, 5.41) is 4.47. The summed E-state index contributed by atoms with van der Waals surface area (Å²) in [6, 6.07) is 2.36. The quantitative estimate of drug-likeness (QED) is 0.689. The third-order valence-electron chi connectivity index (χ3n) is 3.69. The molecular weight excluding hydrogens is 238 g/mol. The molecule has 0 saturated carbocycles. The average molecular weight is 265 g/mol. The van der Waals surface area contributed by atoms with Crippen LogP contribution in [0.5, 0.6) is 0 Å². The first-order valence-corrected chi connectivity index (χ1v) is 7.38. The average Bonchev–Trinajstić information content (AvgIpc) is 2.87. The minimum Gasteiger partial charge on any atom is -0.303 e. The second-order valence-corrected chi connectivity index (χ2v) is 5.04. The van der Waals surface area contributed by atoms with Crippen LogP contribution in [0.3, 0.4) is 0 Å². The maximum absolute atomic E-state index is 11.9. The highest BCUT2D eigenvalue weighted by Crippen LogP contribution is 2.10. The number of Topliss-reactive ketones (excluding diaryl/α,β-unsaturated/α-hetero) is 1. The van der Waals surface area contributed by atoms with Gasteiger partial charge in [0.25, 0.3) is 0 Å². The third kappa shape index (κ3) is 5.15. The zero-order valence-corrected chi connectivity index (χ0v) is 12.7. The lowest BCUT2D eigenvalue weighted by atomic mass is 10.1. The lowest BCUT2D eigenvalue weighted by Crippen LogP contribution is -2.26. The van der Waals surface area contributed by atoms with E-state index in [4.69, 9.17) is 0 Å². The van der Waals surface area contributed by atoms with Gasteiger partial charge in [-0.15, -0.1) is 0 Å². The van der Waals surface area contributed by atoms with Gasteiger partial charge in [-0.25, -0.2) is 0 Å². The van der Waals surface area contributed by atoms with Crippen LogP contribution in [-0.2, 0) is 11.2 Å². The molecule has 0 spiro atoms. The lowest BCUT2D eigenvalue weighted by molar-refractivity contribution is -0.118. The molecule has 0 aliphatic heterocycles. The van der Waals surface area contributed by atoms with Crippen molar-refractivity contribution >= 4 is 5.78 Å². The van der Waals surface area contributed by atoms with Gasteiger partial charge in [-0.3, -0.25) is 9.48 Å². The number of aromatic nitrogens is 2. The standard InChI is InChI=1S/C15H27N3O/c1-5-13(4)18-11-8-14(16-18)12-15(19)9-10-17(6-2)7-3/h8,11,13H,5-7,9-10,12H2,1-4H3. The van der Waals surface area contributed by atoms with E-state index < -0.39 is 0 Å². The fourth-order valence-electron chi connectivity index (χ4n) is 2.02.